The Labute approximate surface area is 112 Å². The molecule has 1 heterocycles. The van der Waals surface area contributed by atoms with Crippen LogP contribution in [0.3, 0.4) is 0 Å². The van der Waals surface area contributed by atoms with Gasteiger partial charge < -0.3 is 5.11 Å². The van der Waals surface area contributed by atoms with Crippen LogP contribution in [-0.4, -0.2) is 10.1 Å². The van der Waals surface area contributed by atoms with Crippen LogP contribution in [-0.2, 0) is 12.0 Å². The number of aliphatic hydroxyl groups is 1. The molecule has 1 aromatic carbocycles. The number of aliphatic hydroxyl groups excluding tert-OH is 1. The lowest BCUT2D eigenvalue weighted by Gasteiger charge is -2.20. The zero-order chi connectivity index (χ0) is 13.3. The van der Waals surface area contributed by atoms with Crippen LogP contribution in [0.5, 0.6) is 0 Å². The van der Waals surface area contributed by atoms with Crippen LogP contribution in [0.15, 0.2) is 23.6 Å². The van der Waals surface area contributed by atoms with Crippen LogP contribution in [0.2, 0.25) is 0 Å². The molecular formula is C15H19NOS. The van der Waals surface area contributed by atoms with Crippen molar-refractivity contribution >= 4 is 11.3 Å². The number of hydrogen-bond acceptors (Lipinski definition) is 3. The zero-order valence-corrected chi connectivity index (χ0v) is 12.1. The van der Waals surface area contributed by atoms with E-state index in [2.05, 4.69) is 50.9 Å². The van der Waals surface area contributed by atoms with E-state index < -0.39 is 0 Å². The summed E-state index contributed by atoms with van der Waals surface area (Å²) >= 11 is 1.58. The highest BCUT2D eigenvalue weighted by molar-refractivity contribution is 7.13. The lowest BCUT2D eigenvalue weighted by atomic mass is 9.85. The fourth-order valence-corrected chi connectivity index (χ4v) is 2.77. The number of nitrogens with zero attached hydrogens (tertiary/aromatic N) is 1. The molecule has 96 valence electrons. The van der Waals surface area contributed by atoms with Crippen molar-refractivity contribution in [2.75, 3.05) is 0 Å². The maximum absolute atomic E-state index is 9.06. The first-order chi connectivity index (χ1) is 8.41. The molecule has 18 heavy (non-hydrogen) atoms. The van der Waals surface area contributed by atoms with Gasteiger partial charge in [-0.15, -0.1) is 11.3 Å². The first kappa shape index (κ1) is 13.2. The van der Waals surface area contributed by atoms with E-state index in [0.29, 0.717) is 0 Å². The molecule has 2 nitrogen and oxygen atoms in total. The monoisotopic (exact) mass is 261 g/mol. The van der Waals surface area contributed by atoms with E-state index in [1.165, 1.54) is 11.1 Å². The average Bonchev–Trinajstić information content (AvgIpc) is 2.76. The molecule has 0 aliphatic rings. The first-order valence-corrected chi connectivity index (χ1v) is 6.96. The van der Waals surface area contributed by atoms with Gasteiger partial charge in [-0.2, -0.15) is 0 Å². The Kier molecular flexibility index (Phi) is 3.55. The van der Waals surface area contributed by atoms with Gasteiger partial charge in [0.15, 0.2) is 0 Å². The van der Waals surface area contributed by atoms with Crippen molar-refractivity contribution < 1.29 is 5.11 Å². The minimum atomic E-state index is 0.00955. The molecule has 1 aromatic heterocycles. The van der Waals surface area contributed by atoms with Crippen molar-refractivity contribution in [3.8, 4) is 10.6 Å². The molecule has 0 saturated carbocycles. The molecule has 0 amide bonds. The fourth-order valence-electron chi connectivity index (χ4n) is 1.87. The lowest BCUT2D eigenvalue weighted by Crippen LogP contribution is -2.11. The summed E-state index contributed by atoms with van der Waals surface area (Å²) in [6, 6.07) is 6.54. The van der Waals surface area contributed by atoms with Gasteiger partial charge in [0, 0.05) is 10.9 Å². The number of benzene rings is 1. The van der Waals surface area contributed by atoms with Gasteiger partial charge in [-0.05, 0) is 23.5 Å². The van der Waals surface area contributed by atoms with Gasteiger partial charge in [-0.1, -0.05) is 39.0 Å². The van der Waals surface area contributed by atoms with Crippen molar-refractivity contribution in [1.82, 2.24) is 4.98 Å². The van der Waals surface area contributed by atoms with Gasteiger partial charge in [0.25, 0.3) is 0 Å². The Morgan fingerprint density at radius 2 is 2.00 bits per heavy atom. The lowest BCUT2D eigenvalue weighted by molar-refractivity contribution is 0.278. The van der Waals surface area contributed by atoms with Crippen LogP contribution in [0.4, 0.5) is 0 Å². The maximum Gasteiger partial charge on any atom is 0.123 e. The topological polar surface area (TPSA) is 33.1 Å². The van der Waals surface area contributed by atoms with E-state index in [-0.39, 0.29) is 12.0 Å². The third-order valence-corrected chi connectivity index (χ3v) is 3.96. The third-order valence-electron chi connectivity index (χ3n) is 3.04. The van der Waals surface area contributed by atoms with Crippen LogP contribution in [0, 0.1) is 6.92 Å². The molecule has 0 aliphatic heterocycles. The second-order valence-electron chi connectivity index (χ2n) is 5.58. The first-order valence-electron chi connectivity index (χ1n) is 6.08. The molecule has 0 unspecified atom stereocenters. The number of thiazole rings is 1. The molecule has 0 atom stereocenters. The SMILES string of the molecule is Cc1cc(C(C)(C)C)ccc1-c1nc(CO)cs1. The van der Waals surface area contributed by atoms with E-state index >= 15 is 0 Å². The number of aryl methyl sites for hydroxylation is 1. The molecular weight excluding hydrogens is 242 g/mol. The normalized spacial score (nSPS) is 11.8. The van der Waals surface area contributed by atoms with Gasteiger partial charge in [0.2, 0.25) is 0 Å². The highest BCUT2D eigenvalue weighted by atomic mass is 32.1. The minimum absolute atomic E-state index is 0.00955. The smallest absolute Gasteiger partial charge is 0.123 e. The van der Waals surface area contributed by atoms with Crippen LogP contribution in [0.25, 0.3) is 10.6 Å². The average molecular weight is 261 g/mol. The molecule has 0 saturated heterocycles. The Bertz CT molecular complexity index is 552. The van der Waals surface area contributed by atoms with Gasteiger partial charge in [0.05, 0.1) is 12.3 Å². The third kappa shape index (κ3) is 2.62. The maximum atomic E-state index is 9.06. The Balaban J connectivity index is 2.41. The van der Waals surface area contributed by atoms with Gasteiger partial charge in [-0.25, -0.2) is 4.98 Å². The predicted octanol–water partition coefficient (Wildman–Crippen LogP) is 3.91. The zero-order valence-electron chi connectivity index (χ0n) is 11.3. The Hall–Kier alpha value is -1.19. The second kappa shape index (κ2) is 4.82. The van der Waals surface area contributed by atoms with Crippen molar-refractivity contribution in [2.24, 2.45) is 0 Å². The standard InChI is InChI=1S/C15H19NOS/c1-10-7-11(15(2,3)4)5-6-13(10)14-16-12(8-17)9-18-14/h5-7,9,17H,8H2,1-4H3. The van der Waals surface area contributed by atoms with E-state index in [1.54, 1.807) is 11.3 Å². The number of aromatic nitrogens is 1. The summed E-state index contributed by atoms with van der Waals surface area (Å²) in [5.41, 5.74) is 4.65. The van der Waals surface area contributed by atoms with E-state index in [9.17, 15) is 0 Å². The quantitative estimate of drug-likeness (QED) is 0.889. The summed E-state index contributed by atoms with van der Waals surface area (Å²) in [4.78, 5) is 4.42. The largest absolute Gasteiger partial charge is 0.390 e. The predicted molar refractivity (Wildman–Crippen MR) is 76.9 cm³/mol. The van der Waals surface area contributed by atoms with Crippen LogP contribution >= 0.6 is 11.3 Å². The summed E-state index contributed by atoms with van der Waals surface area (Å²) < 4.78 is 0. The van der Waals surface area contributed by atoms with Crippen LogP contribution < -0.4 is 0 Å². The molecule has 3 heteroatoms. The summed E-state index contributed by atoms with van der Waals surface area (Å²) in [5, 5.41) is 12.0. The highest BCUT2D eigenvalue weighted by Crippen LogP contribution is 2.31. The van der Waals surface area contributed by atoms with Crippen molar-refractivity contribution in [3.05, 3.63) is 40.4 Å². The molecule has 0 bridgehead atoms. The summed E-state index contributed by atoms with van der Waals surface area (Å²) in [6.07, 6.45) is 0. The molecule has 2 aromatic rings. The Morgan fingerprint density at radius 1 is 1.28 bits per heavy atom. The molecule has 0 fully saturated rings. The molecule has 0 spiro atoms. The van der Waals surface area contributed by atoms with Crippen molar-refractivity contribution in [3.63, 3.8) is 0 Å². The van der Waals surface area contributed by atoms with Gasteiger partial charge in [-0.3, -0.25) is 0 Å². The Morgan fingerprint density at radius 3 is 2.50 bits per heavy atom. The van der Waals surface area contributed by atoms with Crippen molar-refractivity contribution in [2.45, 2.75) is 39.7 Å². The van der Waals surface area contributed by atoms with E-state index in [4.69, 9.17) is 5.11 Å². The number of rotatable bonds is 2. The highest BCUT2D eigenvalue weighted by Gasteiger charge is 2.15. The fraction of sp³-hybridized carbons (Fsp3) is 0.400. The molecule has 2 rings (SSSR count). The minimum Gasteiger partial charge on any atom is -0.390 e. The summed E-state index contributed by atoms with van der Waals surface area (Å²) in [6.45, 7) is 8.78. The second-order valence-corrected chi connectivity index (χ2v) is 6.44. The van der Waals surface area contributed by atoms with E-state index in [1.807, 2.05) is 5.38 Å². The molecule has 1 N–H and O–H groups in total. The molecule has 0 radical (unpaired) electrons. The van der Waals surface area contributed by atoms with E-state index in [0.717, 1.165) is 16.3 Å². The van der Waals surface area contributed by atoms with Gasteiger partial charge >= 0.3 is 0 Å². The molecule has 0 aliphatic carbocycles. The number of hydrogen-bond donors (Lipinski definition) is 1. The van der Waals surface area contributed by atoms with Crippen molar-refractivity contribution in [1.29, 1.82) is 0 Å². The summed E-state index contributed by atoms with van der Waals surface area (Å²) in [5.74, 6) is 0. The van der Waals surface area contributed by atoms with Gasteiger partial charge in [0.1, 0.15) is 5.01 Å². The summed E-state index contributed by atoms with van der Waals surface area (Å²) in [7, 11) is 0. The van der Waals surface area contributed by atoms with Crippen LogP contribution in [0.1, 0.15) is 37.6 Å².